The lowest BCUT2D eigenvalue weighted by Gasteiger charge is -2.33. The molecule has 2 aromatic carbocycles. The third-order valence-electron chi connectivity index (χ3n) is 6.89. The zero-order valence-corrected chi connectivity index (χ0v) is 22.9. The third kappa shape index (κ3) is 5.24. The van der Waals surface area contributed by atoms with Gasteiger partial charge in [-0.25, -0.2) is 22.2 Å². The van der Waals surface area contributed by atoms with Gasteiger partial charge in [0.15, 0.2) is 5.13 Å². The molecule has 2 saturated heterocycles. The van der Waals surface area contributed by atoms with Gasteiger partial charge in [-0.15, -0.1) is 0 Å². The van der Waals surface area contributed by atoms with Crippen LogP contribution in [0, 0.1) is 17.6 Å². The molecule has 5 rings (SSSR count). The standard InChI is InChI=1S/C25H26ClF2N3O5S2/c1-35-20-6-5-18(26)23-22(20)29-25(37-23)31(14-17-3-2-12-36-17)24(32)15-8-10-30(11-9-15)38(33,34)21-7-4-16(27)13-19(21)28/h4-7,13,15,17H,2-3,8-12,14H2,1H3. The number of thiazole rings is 1. The first kappa shape index (κ1) is 27.2. The Hall–Kier alpha value is -2.38. The summed E-state index contributed by atoms with van der Waals surface area (Å²) in [5, 5.41) is 0.968. The number of methoxy groups -OCH3 is 1. The first-order valence-electron chi connectivity index (χ1n) is 12.2. The quantitative estimate of drug-likeness (QED) is 0.394. The molecule has 8 nitrogen and oxygen atoms in total. The number of halogens is 3. The van der Waals surface area contributed by atoms with Gasteiger partial charge in [-0.3, -0.25) is 9.69 Å². The molecule has 204 valence electrons. The Labute approximate surface area is 228 Å². The number of fused-ring (bicyclic) bond motifs is 1. The number of amides is 1. The molecule has 1 unspecified atom stereocenters. The molecule has 2 fully saturated rings. The van der Waals surface area contributed by atoms with E-state index in [9.17, 15) is 22.0 Å². The van der Waals surface area contributed by atoms with Crippen LogP contribution >= 0.6 is 22.9 Å². The summed E-state index contributed by atoms with van der Waals surface area (Å²) in [6.07, 6.45) is 2.09. The summed E-state index contributed by atoms with van der Waals surface area (Å²) in [7, 11) is -2.63. The Morgan fingerprint density at radius 3 is 2.66 bits per heavy atom. The number of hydrogen-bond acceptors (Lipinski definition) is 7. The van der Waals surface area contributed by atoms with Crippen LogP contribution in [0.25, 0.3) is 10.2 Å². The van der Waals surface area contributed by atoms with Crippen molar-refractivity contribution in [1.29, 1.82) is 0 Å². The van der Waals surface area contributed by atoms with E-state index in [-0.39, 0.29) is 37.9 Å². The van der Waals surface area contributed by atoms with E-state index in [0.29, 0.717) is 45.3 Å². The second-order valence-electron chi connectivity index (χ2n) is 9.26. The molecule has 0 bridgehead atoms. The van der Waals surface area contributed by atoms with Gasteiger partial charge in [0.25, 0.3) is 0 Å². The van der Waals surface area contributed by atoms with Crippen molar-refractivity contribution in [3.63, 3.8) is 0 Å². The summed E-state index contributed by atoms with van der Waals surface area (Å²) < 4.78 is 66.6. The Morgan fingerprint density at radius 1 is 1.24 bits per heavy atom. The number of anilines is 1. The molecule has 0 saturated carbocycles. The number of carbonyl (C=O) groups is 1. The summed E-state index contributed by atoms with van der Waals surface area (Å²) >= 11 is 7.70. The zero-order chi connectivity index (χ0) is 27.0. The SMILES string of the molecule is COc1ccc(Cl)c2sc(N(CC3CCCO3)C(=O)C3CCN(S(=O)(=O)c4ccc(F)cc4F)CC3)nc12. The van der Waals surface area contributed by atoms with Crippen LogP contribution in [0.4, 0.5) is 13.9 Å². The summed E-state index contributed by atoms with van der Waals surface area (Å²) in [6.45, 7) is 1.01. The minimum Gasteiger partial charge on any atom is -0.494 e. The number of rotatable bonds is 7. The van der Waals surface area contributed by atoms with E-state index in [4.69, 9.17) is 26.1 Å². The molecule has 0 aliphatic carbocycles. The topological polar surface area (TPSA) is 89.0 Å². The molecule has 1 aromatic heterocycles. The van der Waals surface area contributed by atoms with Gasteiger partial charge >= 0.3 is 0 Å². The number of aromatic nitrogens is 1. The number of benzene rings is 2. The molecule has 0 N–H and O–H groups in total. The fourth-order valence-electron chi connectivity index (χ4n) is 4.86. The van der Waals surface area contributed by atoms with Gasteiger partial charge in [0.1, 0.15) is 27.8 Å². The lowest BCUT2D eigenvalue weighted by molar-refractivity contribution is -0.123. The van der Waals surface area contributed by atoms with Gasteiger partial charge in [0.05, 0.1) is 29.5 Å². The zero-order valence-electron chi connectivity index (χ0n) is 20.5. The summed E-state index contributed by atoms with van der Waals surface area (Å²) in [6, 6.07) is 5.82. The number of hydrogen-bond donors (Lipinski definition) is 0. The highest BCUT2D eigenvalue weighted by Gasteiger charge is 2.37. The molecule has 0 spiro atoms. The van der Waals surface area contributed by atoms with Crippen LogP contribution in [-0.2, 0) is 19.6 Å². The van der Waals surface area contributed by atoms with E-state index in [2.05, 4.69) is 0 Å². The Kier molecular flexibility index (Phi) is 7.88. The van der Waals surface area contributed by atoms with Gasteiger partial charge in [0, 0.05) is 31.7 Å². The highest BCUT2D eigenvalue weighted by molar-refractivity contribution is 7.89. The maximum absolute atomic E-state index is 14.2. The molecule has 0 radical (unpaired) electrons. The van der Waals surface area contributed by atoms with Crippen molar-refractivity contribution in [2.45, 2.75) is 36.7 Å². The third-order valence-corrected chi connectivity index (χ3v) is 10.4. The predicted molar refractivity (Wildman–Crippen MR) is 140 cm³/mol. The number of piperidine rings is 1. The maximum atomic E-state index is 14.2. The van der Waals surface area contributed by atoms with E-state index in [1.54, 1.807) is 17.0 Å². The Bertz CT molecular complexity index is 1450. The molecule has 1 atom stereocenters. The molecular weight excluding hydrogens is 560 g/mol. The fraction of sp³-hybridized carbons (Fsp3) is 0.440. The van der Waals surface area contributed by atoms with Gasteiger partial charge in [-0.1, -0.05) is 22.9 Å². The number of nitrogens with zero attached hydrogens (tertiary/aromatic N) is 3. The number of ether oxygens (including phenoxy) is 2. The lowest BCUT2D eigenvalue weighted by atomic mass is 9.96. The Morgan fingerprint density at radius 2 is 2.00 bits per heavy atom. The largest absolute Gasteiger partial charge is 0.494 e. The van der Waals surface area contributed by atoms with E-state index < -0.39 is 32.5 Å². The number of carbonyl (C=O) groups excluding carboxylic acids is 1. The second-order valence-corrected chi connectivity index (χ2v) is 12.6. The maximum Gasteiger partial charge on any atom is 0.245 e. The first-order valence-corrected chi connectivity index (χ1v) is 14.8. The average molecular weight is 586 g/mol. The molecule has 1 amide bonds. The highest BCUT2D eigenvalue weighted by atomic mass is 35.5. The van der Waals surface area contributed by atoms with Crippen LogP contribution in [-0.4, -0.2) is 63.1 Å². The highest BCUT2D eigenvalue weighted by Crippen LogP contribution is 2.40. The van der Waals surface area contributed by atoms with E-state index in [1.165, 1.54) is 18.4 Å². The van der Waals surface area contributed by atoms with Gasteiger partial charge < -0.3 is 9.47 Å². The van der Waals surface area contributed by atoms with Crippen LogP contribution in [0.15, 0.2) is 35.2 Å². The molecular formula is C25H26ClF2N3O5S2. The molecule has 13 heteroatoms. The molecule has 2 aliphatic rings. The average Bonchev–Trinajstić information content (AvgIpc) is 3.58. The van der Waals surface area contributed by atoms with Crippen LogP contribution in [0.5, 0.6) is 5.75 Å². The smallest absolute Gasteiger partial charge is 0.245 e. The second kappa shape index (κ2) is 11.0. The minimum atomic E-state index is -4.17. The van der Waals surface area contributed by atoms with Crippen molar-refractivity contribution < 1.29 is 31.5 Å². The lowest BCUT2D eigenvalue weighted by Crippen LogP contribution is -2.46. The van der Waals surface area contributed by atoms with Gasteiger partial charge in [0.2, 0.25) is 15.9 Å². The minimum absolute atomic E-state index is 0.0306. The molecule has 3 aromatic rings. The molecule has 2 aliphatic heterocycles. The normalized spacial score (nSPS) is 19.2. The fourth-order valence-corrected chi connectivity index (χ4v) is 7.65. The van der Waals surface area contributed by atoms with Crippen LogP contribution in [0.1, 0.15) is 25.7 Å². The Balaban J connectivity index is 1.38. The van der Waals surface area contributed by atoms with Crippen LogP contribution in [0.3, 0.4) is 0 Å². The van der Waals surface area contributed by atoms with Crippen molar-refractivity contribution in [2.75, 3.05) is 38.3 Å². The van der Waals surface area contributed by atoms with Crippen LogP contribution in [0.2, 0.25) is 5.02 Å². The van der Waals surface area contributed by atoms with Gasteiger partial charge in [-0.2, -0.15) is 4.31 Å². The number of sulfonamides is 1. The van der Waals surface area contributed by atoms with E-state index in [1.807, 2.05) is 0 Å². The van der Waals surface area contributed by atoms with Gasteiger partial charge in [-0.05, 0) is 49.9 Å². The molecule has 3 heterocycles. The van der Waals surface area contributed by atoms with Crippen LogP contribution < -0.4 is 9.64 Å². The van der Waals surface area contributed by atoms with E-state index in [0.717, 1.165) is 29.3 Å². The van der Waals surface area contributed by atoms with Crippen molar-refractivity contribution in [3.05, 3.63) is 47.0 Å². The monoisotopic (exact) mass is 585 g/mol. The summed E-state index contributed by atoms with van der Waals surface area (Å²) in [5.41, 5.74) is 0.562. The summed E-state index contributed by atoms with van der Waals surface area (Å²) in [5.74, 6) is -2.10. The first-order chi connectivity index (χ1) is 18.2. The van der Waals surface area contributed by atoms with Crippen molar-refractivity contribution >= 4 is 54.2 Å². The van der Waals surface area contributed by atoms with Crippen molar-refractivity contribution in [3.8, 4) is 5.75 Å². The predicted octanol–water partition coefficient (Wildman–Crippen LogP) is 4.85. The van der Waals surface area contributed by atoms with E-state index >= 15 is 0 Å². The summed E-state index contributed by atoms with van der Waals surface area (Å²) in [4.78, 5) is 19.6. The van der Waals surface area contributed by atoms with Crippen molar-refractivity contribution in [1.82, 2.24) is 9.29 Å². The van der Waals surface area contributed by atoms with Crippen molar-refractivity contribution in [2.24, 2.45) is 5.92 Å². The molecule has 38 heavy (non-hydrogen) atoms.